The molecule has 2 atom stereocenters. The van der Waals surface area contributed by atoms with Gasteiger partial charge in [-0.25, -0.2) is 0 Å². The van der Waals surface area contributed by atoms with Gasteiger partial charge in [-0.2, -0.15) is 0 Å². The molecule has 3 saturated heterocycles. The lowest BCUT2D eigenvalue weighted by atomic mass is 9.83. The molecule has 1 aromatic rings. The van der Waals surface area contributed by atoms with Crippen molar-refractivity contribution in [2.75, 3.05) is 32.7 Å². The molecule has 1 aromatic carbocycles. The molecule has 0 radical (unpaired) electrons. The molecule has 0 spiro atoms. The molecule has 0 aliphatic carbocycles. The number of carbonyl (C=O) groups is 2. The highest BCUT2D eigenvalue weighted by atomic mass is 16.2. The van der Waals surface area contributed by atoms with Crippen molar-refractivity contribution in [1.82, 2.24) is 14.7 Å². The average molecular weight is 398 g/mol. The molecule has 4 rings (SSSR count). The first-order valence-corrected chi connectivity index (χ1v) is 11.4. The Bertz CT molecular complexity index is 762. The van der Waals surface area contributed by atoms with Crippen LogP contribution in [0.2, 0.25) is 0 Å². The van der Waals surface area contributed by atoms with Gasteiger partial charge >= 0.3 is 0 Å². The van der Waals surface area contributed by atoms with E-state index in [0.29, 0.717) is 30.7 Å². The molecule has 3 aliphatic rings. The summed E-state index contributed by atoms with van der Waals surface area (Å²) >= 11 is 0. The number of amides is 2. The second-order valence-electron chi connectivity index (χ2n) is 9.24. The fourth-order valence-corrected chi connectivity index (χ4v) is 5.44. The van der Waals surface area contributed by atoms with E-state index in [-0.39, 0.29) is 5.91 Å². The van der Waals surface area contributed by atoms with E-state index in [1.807, 2.05) is 4.90 Å². The molecule has 3 heterocycles. The number of fused-ring (bicyclic) bond motifs is 1. The van der Waals surface area contributed by atoms with Gasteiger partial charge < -0.3 is 9.80 Å². The SMILES string of the molecule is Cc1ccc(C)c(CN2CC[C@H]3[C@H](CCC(=O)N3CCCN3CCCC3=O)C2)c1. The van der Waals surface area contributed by atoms with E-state index in [1.165, 1.54) is 16.7 Å². The van der Waals surface area contributed by atoms with Gasteiger partial charge in [0.15, 0.2) is 0 Å². The van der Waals surface area contributed by atoms with Crippen molar-refractivity contribution < 1.29 is 9.59 Å². The molecule has 0 unspecified atom stereocenters. The van der Waals surface area contributed by atoms with Crippen LogP contribution >= 0.6 is 0 Å². The first-order chi connectivity index (χ1) is 14.0. The summed E-state index contributed by atoms with van der Waals surface area (Å²) in [5, 5.41) is 0. The zero-order valence-corrected chi connectivity index (χ0v) is 18.0. The van der Waals surface area contributed by atoms with Crippen molar-refractivity contribution in [2.24, 2.45) is 5.92 Å². The van der Waals surface area contributed by atoms with Gasteiger partial charge in [-0.05, 0) is 56.6 Å². The number of nitrogens with zero attached hydrogens (tertiary/aromatic N) is 3. The number of carbonyl (C=O) groups excluding carboxylic acids is 2. The highest BCUT2D eigenvalue weighted by Gasteiger charge is 2.39. The summed E-state index contributed by atoms with van der Waals surface area (Å²) < 4.78 is 0. The highest BCUT2D eigenvalue weighted by Crippen LogP contribution is 2.32. The van der Waals surface area contributed by atoms with Gasteiger partial charge in [-0.15, -0.1) is 0 Å². The molecule has 0 N–H and O–H groups in total. The van der Waals surface area contributed by atoms with Crippen molar-refractivity contribution in [1.29, 1.82) is 0 Å². The van der Waals surface area contributed by atoms with Crippen molar-refractivity contribution >= 4 is 11.8 Å². The summed E-state index contributed by atoms with van der Waals surface area (Å²) in [4.78, 5) is 31.2. The fraction of sp³-hybridized carbons (Fsp3) is 0.667. The number of rotatable bonds is 6. The van der Waals surface area contributed by atoms with Gasteiger partial charge in [-0.1, -0.05) is 23.8 Å². The molecule has 29 heavy (non-hydrogen) atoms. The van der Waals surface area contributed by atoms with Gasteiger partial charge in [0.2, 0.25) is 11.8 Å². The van der Waals surface area contributed by atoms with Crippen molar-refractivity contribution in [2.45, 2.75) is 65.0 Å². The number of hydrogen-bond acceptors (Lipinski definition) is 3. The summed E-state index contributed by atoms with van der Waals surface area (Å²) in [5.74, 6) is 1.19. The Hall–Kier alpha value is -1.88. The molecule has 3 aliphatic heterocycles. The van der Waals surface area contributed by atoms with E-state index in [2.05, 4.69) is 41.8 Å². The van der Waals surface area contributed by atoms with Crippen molar-refractivity contribution in [3.05, 3.63) is 34.9 Å². The van der Waals surface area contributed by atoms with E-state index >= 15 is 0 Å². The van der Waals surface area contributed by atoms with E-state index in [9.17, 15) is 9.59 Å². The van der Waals surface area contributed by atoms with Crippen LogP contribution in [0.3, 0.4) is 0 Å². The maximum absolute atomic E-state index is 12.6. The Morgan fingerprint density at radius 2 is 1.86 bits per heavy atom. The monoisotopic (exact) mass is 397 g/mol. The van der Waals surface area contributed by atoms with E-state index in [0.717, 1.165) is 65.0 Å². The van der Waals surface area contributed by atoms with E-state index < -0.39 is 0 Å². The second kappa shape index (κ2) is 8.86. The molecule has 0 bridgehead atoms. The lowest BCUT2D eigenvalue weighted by molar-refractivity contribution is -0.141. The standard InChI is InChI=1S/C24H35N3O2/c1-18-6-7-19(2)21(15-18)17-25-14-10-22-20(16-25)8-9-24(29)27(22)13-4-12-26-11-3-5-23(26)28/h6-7,15,20,22H,3-5,8-14,16-17H2,1-2H3/t20-,22+/m1/s1. The van der Waals surface area contributed by atoms with Gasteiger partial charge in [0.1, 0.15) is 0 Å². The van der Waals surface area contributed by atoms with Crippen molar-refractivity contribution in [3.63, 3.8) is 0 Å². The Morgan fingerprint density at radius 3 is 2.66 bits per heavy atom. The molecule has 5 heteroatoms. The molecule has 158 valence electrons. The molecule has 0 aromatic heterocycles. The zero-order valence-electron chi connectivity index (χ0n) is 18.0. The number of benzene rings is 1. The highest BCUT2D eigenvalue weighted by molar-refractivity contribution is 5.78. The van der Waals surface area contributed by atoms with Crippen LogP contribution < -0.4 is 0 Å². The number of aryl methyl sites for hydroxylation is 2. The van der Waals surface area contributed by atoms with Crippen molar-refractivity contribution in [3.8, 4) is 0 Å². The first-order valence-electron chi connectivity index (χ1n) is 11.4. The van der Waals surface area contributed by atoms with E-state index in [1.54, 1.807) is 0 Å². The average Bonchev–Trinajstić information content (AvgIpc) is 3.11. The predicted molar refractivity (Wildman–Crippen MR) is 114 cm³/mol. The van der Waals surface area contributed by atoms with Crippen LogP contribution in [0.5, 0.6) is 0 Å². The topological polar surface area (TPSA) is 43.9 Å². The van der Waals surface area contributed by atoms with Gasteiger partial charge in [0.25, 0.3) is 0 Å². The predicted octanol–water partition coefficient (Wildman–Crippen LogP) is 3.13. The number of hydrogen-bond donors (Lipinski definition) is 0. The Kier molecular flexibility index (Phi) is 6.23. The molecular weight excluding hydrogens is 362 g/mol. The van der Waals surface area contributed by atoms with Gasteiger partial charge in [0, 0.05) is 58.2 Å². The maximum atomic E-state index is 12.6. The van der Waals surface area contributed by atoms with Crippen LogP contribution in [-0.4, -0.2) is 65.3 Å². The summed E-state index contributed by atoms with van der Waals surface area (Å²) in [7, 11) is 0. The normalized spacial score (nSPS) is 25.6. The first kappa shape index (κ1) is 20.4. The molecule has 0 saturated carbocycles. The van der Waals surface area contributed by atoms with Crippen LogP contribution in [0.4, 0.5) is 0 Å². The molecule has 5 nitrogen and oxygen atoms in total. The Morgan fingerprint density at radius 1 is 1.00 bits per heavy atom. The van der Waals surface area contributed by atoms with Gasteiger partial charge in [-0.3, -0.25) is 14.5 Å². The van der Waals surface area contributed by atoms with Crippen LogP contribution in [0.1, 0.15) is 55.2 Å². The lowest BCUT2D eigenvalue weighted by Gasteiger charge is -2.47. The Labute approximate surface area is 175 Å². The fourth-order valence-electron chi connectivity index (χ4n) is 5.44. The van der Waals surface area contributed by atoms with Crippen LogP contribution in [0, 0.1) is 19.8 Å². The summed E-state index contributed by atoms with van der Waals surface area (Å²) in [5.41, 5.74) is 4.13. The Balaban J connectivity index is 1.33. The largest absolute Gasteiger partial charge is 0.343 e. The maximum Gasteiger partial charge on any atom is 0.222 e. The van der Waals surface area contributed by atoms with Crippen LogP contribution in [0.25, 0.3) is 0 Å². The van der Waals surface area contributed by atoms with Gasteiger partial charge in [0.05, 0.1) is 0 Å². The van der Waals surface area contributed by atoms with Crippen LogP contribution in [0.15, 0.2) is 18.2 Å². The molecule has 2 amide bonds. The van der Waals surface area contributed by atoms with Crippen LogP contribution in [-0.2, 0) is 16.1 Å². The minimum absolute atomic E-state index is 0.285. The lowest BCUT2D eigenvalue weighted by Crippen LogP contribution is -2.56. The third-order valence-corrected chi connectivity index (χ3v) is 7.12. The smallest absolute Gasteiger partial charge is 0.222 e. The minimum atomic E-state index is 0.285. The summed E-state index contributed by atoms with van der Waals surface area (Å²) in [6.45, 7) is 10.0. The molecular formula is C24H35N3O2. The zero-order chi connectivity index (χ0) is 20.4. The third-order valence-electron chi connectivity index (χ3n) is 7.12. The second-order valence-corrected chi connectivity index (χ2v) is 9.24. The quantitative estimate of drug-likeness (QED) is 0.741. The van der Waals surface area contributed by atoms with E-state index in [4.69, 9.17) is 0 Å². The molecule has 3 fully saturated rings. The number of piperidine rings is 2. The third kappa shape index (κ3) is 4.66. The minimum Gasteiger partial charge on any atom is -0.343 e. The summed E-state index contributed by atoms with van der Waals surface area (Å²) in [6, 6.07) is 7.12. The number of likely N-dealkylation sites (tertiary alicyclic amines) is 3. The summed E-state index contributed by atoms with van der Waals surface area (Å²) in [6.07, 6.45) is 5.37.